The second-order valence-electron chi connectivity index (χ2n) is 9.36. The van der Waals surface area contributed by atoms with E-state index in [0.717, 1.165) is 16.9 Å². The summed E-state index contributed by atoms with van der Waals surface area (Å²) in [6.45, 7) is 5.98. The zero-order valence-corrected chi connectivity index (χ0v) is 19.1. The number of fused-ring (bicyclic) bond motifs is 2. The van der Waals surface area contributed by atoms with Crippen LogP contribution in [-0.4, -0.2) is 22.6 Å². The van der Waals surface area contributed by atoms with E-state index in [0.29, 0.717) is 29.0 Å². The van der Waals surface area contributed by atoms with Crippen LogP contribution in [0.1, 0.15) is 48.8 Å². The van der Waals surface area contributed by atoms with Gasteiger partial charge in [-0.3, -0.25) is 14.4 Å². The van der Waals surface area contributed by atoms with Gasteiger partial charge in [0.25, 0.3) is 0 Å². The number of amides is 2. The topological polar surface area (TPSA) is 67.3 Å². The number of rotatable bonds is 4. The normalized spacial score (nSPS) is 24.1. The Kier molecular flexibility index (Phi) is 4.67. The molecule has 162 valence electrons. The van der Waals surface area contributed by atoms with E-state index in [-0.39, 0.29) is 28.6 Å². The lowest BCUT2D eigenvalue weighted by Crippen LogP contribution is -2.59. The Morgan fingerprint density at radius 3 is 2.28 bits per heavy atom. The van der Waals surface area contributed by atoms with Crippen LogP contribution < -0.4 is 4.90 Å². The Bertz CT molecular complexity index is 1230. The number of anilines is 1. The molecule has 2 atom stereocenters. The van der Waals surface area contributed by atoms with Gasteiger partial charge >= 0.3 is 0 Å². The maximum atomic E-state index is 13.6. The number of imide groups is 1. The highest BCUT2D eigenvalue weighted by Gasteiger charge is 2.65. The maximum absolute atomic E-state index is 13.6. The number of piperidine rings is 1. The zero-order valence-electron chi connectivity index (χ0n) is 18.3. The number of hydrogen-bond donors (Lipinski definition) is 0. The van der Waals surface area contributed by atoms with Gasteiger partial charge in [-0.1, -0.05) is 92.8 Å². The van der Waals surface area contributed by atoms with Crippen molar-refractivity contribution < 1.29 is 14.4 Å². The molecular formula is C26H24N2O3S. The van der Waals surface area contributed by atoms with Crippen molar-refractivity contribution in [2.45, 2.75) is 33.6 Å². The van der Waals surface area contributed by atoms with Gasteiger partial charge in [0.1, 0.15) is 4.88 Å². The molecule has 2 bridgehead atoms. The van der Waals surface area contributed by atoms with Crippen molar-refractivity contribution in [3.63, 3.8) is 0 Å². The molecule has 2 aromatic carbocycles. The van der Waals surface area contributed by atoms with E-state index >= 15 is 0 Å². The minimum absolute atomic E-state index is 0.167. The standard InChI is InChI=1S/C26H24N2O3S/c1-25(2)18-14-15-26(25,3)23(31)28(22(18)30)24-27-19(16-10-6-4-7-11-16)21(32-24)20(29)17-12-8-5-9-13-17/h4-13,18H,14-15H2,1-3H3/t18-,26-/m1/s1. The van der Waals surface area contributed by atoms with Crippen molar-refractivity contribution in [1.82, 2.24) is 4.98 Å². The summed E-state index contributed by atoms with van der Waals surface area (Å²) in [7, 11) is 0. The van der Waals surface area contributed by atoms with Gasteiger partial charge in [-0.2, -0.15) is 0 Å². The van der Waals surface area contributed by atoms with Gasteiger partial charge in [0.2, 0.25) is 17.6 Å². The summed E-state index contributed by atoms with van der Waals surface area (Å²) < 4.78 is 0. The number of aromatic nitrogens is 1. The Morgan fingerprint density at radius 1 is 1.00 bits per heavy atom. The zero-order chi connectivity index (χ0) is 22.7. The first kappa shape index (κ1) is 20.8. The van der Waals surface area contributed by atoms with Crippen molar-refractivity contribution in [2.24, 2.45) is 16.7 Å². The Labute approximate surface area is 191 Å². The summed E-state index contributed by atoms with van der Waals surface area (Å²) in [5.41, 5.74) is 0.792. The summed E-state index contributed by atoms with van der Waals surface area (Å²) in [6.07, 6.45) is 1.37. The van der Waals surface area contributed by atoms with Crippen LogP contribution >= 0.6 is 11.3 Å². The summed E-state index contributed by atoms with van der Waals surface area (Å²) in [4.78, 5) is 46.8. The fourth-order valence-electron chi connectivity index (χ4n) is 5.07. The molecule has 1 saturated carbocycles. The van der Waals surface area contributed by atoms with E-state index in [1.54, 1.807) is 12.1 Å². The van der Waals surface area contributed by atoms with E-state index in [4.69, 9.17) is 4.98 Å². The summed E-state index contributed by atoms with van der Waals surface area (Å²) >= 11 is 1.13. The minimum Gasteiger partial charge on any atom is -0.288 e. The van der Waals surface area contributed by atoms with Gasteiger partial charge in [0, 0.05) is 17.0 Å². The molecule has 1 aromatic heterocycles. The third kappa shape index (κ3) is 2.82. The van der Waals surface area contributed by atoms with Crippen molar-refractivity contribution in [1.29, 1.82) is 0 Å². The predicted octanol–water partition coefficient (Wildman–Crippen LogP) is 5.36. The van der Waals surface area contributed by atoms with Crippen molar-refractivity contribution in [2.75, 3.05) is 4.90 Å². The highest BCUT2D eigenvalue weighted by molar-refractivity contribution is 7.18. The molecule has 5 nitrogen and oxygen atoms in total. The summed E-state index contributed by atoms with van der Waals surface area (Å²) in [5.74, 6) is -0.822. The van der Waals surface area contributed by atoms with Crippen LogP contribution in [0.25, 0.3) is 11.3 Å². The average molecular weight is 445 g/mol. The highest BCUT2D eigenvalue weighted by Crippen LogP contribution is 2.60. The SMILES string of the molecule is CC1(C)[C@@H]2CC[C@]1(C)C(=O)N(c1nc(-c3ccccc3)c(C(=O)c3ccccc3)s1)C2=O. The quantitative estimate of drug-likeness (QED) is 0.401. The molecular weight excluding hydrogens is 420 g/mol. The lowest BCUT2D eigenvalue weighted by molar-refractivity contribution is -0.146. The molecule has 0 radical (unpaired) electrons. The van der Waals surface area contributed by atoms with Gasteiger partial charge in [0.05, 0.1) is 11.1 Å². The molecule has 2 aliphatic rings. The van der Waals surface area contributed by atoms with Gasteiger partial charge in [-0.05, 0) is 18.3 Å². The summed E-state index contributed by atoms with van der Waals surface area (Å²) in [5, 5.41) is 0.284. The van der Waals surface area contributed by atoms with Crippen LogP contribution in [0.5, 0.6) is 0 Å². The fraction of sp³-hybridized carbons (Fsp3) is 0.308. The molecule has 32 heavy (non-hydrogen) atoms. The largest absolute Gasteiger partial charge is 0.288 e. The second-order valence-corrected chi connectivity index (χ2v) is 10.3. The lowest BCUT2D eigenvalue weighted by atomic mass is 9.62. The van der Waals surface area contributed by atoms with Crippen LogP contribution in [0.3, 0.4) is 0 Å². The number of carbonyl (C=O) groups excluding carboxylic acids is 3. The summed E-state index contributed by atoms with van der Waals surface area (Å²) in [6, 6.07) is 18.4. The molecule has 5 rings (SSSR count). The number of benzene rings is 2. The van der Waals surface area contributed by atoms with Crippen LogP contribution in [0.2, 0.25) is 0 Å². The lowest BCUT2D eigenvalue weighted by Gasteiger charge is -2.46. The first-order valence-electron chi connectivity index (χ1n) is 10.8. The molecule has 1 aliphatic heterocycles. The number of hydrogen-bond acceptors (Lipinski definition) is 5. The number of carbonyl (C=O) groups is 3. The molecule has 0 unspecified atom stereocenters. The van der Waals surface area contributed by atoms with E-state index < -0.39 is 10.8 Å². The molecule has 1 aliphatic carbocycles. The van der Waals surface area contributed by atoms with Crippen molar-refractivity contribution in [3.05, 3.63) is 71.1 Å². The van der Waals surface area contributed by atoms with Gasteiger partial charge in [0.15, 0.2) is 5.13 Å². The average Bonchev–Trinajstić information content (AvgIpc) is 3.30. The Balaban J connectivity index is 1.65. The van der Waals surface area contributed by atoms with Crippen LogP contribution in [0.15, 0.2) is 60.7 Å². The molecule has 6 heteroatoms. The smallest absolute Gasteiger partial charge is 0.242 e. The third-order valence-electron chi connectivity index (χ3n) is 7.52. The minimum atomic E-state index is -0.631. The van der Waals surface area contributed by atoms with Gasteiger partial charge < -0.3 is 0 Å². The third-order valence-corrected chi connectivity index (χ3v) is 8.56. The first-order valence-corrected chi connectivity index (χ1v) is 11.6. The Morgan fingerprint density at radius 2 is 1.62 bits per heavy atom. The first-order chi connectivity index (χ1) is 15.3. The molecule has 0 N–H and O–H groups in total. The molecule has 2 fully saturated rings. The molecule has 1 saturated heterocycles. The van der Waals surface area contributed by atoms with Crippen LogP contribution in [-0.2, 0) is 9.59 Å². The van der Waals surface area contributed by atoms with E-state index in [9.17, 15) is 14.4 Å². The van der Waals surface area contributed by atoms with Gasteiger partial charge in [-0.25, -0.2) is 9.88 Å². The van der Waals surface area contributed by atoms with Crippen molar-refractivity contribution >= 4 is 34.1 Å². The van der Waals surface area contributed by atoms with Gasteiger partial charge in [-0.15, -0.1) is 0 Å². The van der Waals surface area contributed by atoms with E-state index in [2.05, 4.69) is 0 Å². The molecule has 2 heterocycles. The monoisotopic (exact) mass is 444 g/mol. The fourth-order valence-corrected chi connectivity index (χ4v) is 6.12. The maximum Gasteiger partial charge on any atom is 0.242 e. The molecule has 3 aromatic rings. The van der Waals surface area contributed by atoms with Crippen LogP contribution in [0.4, 0.5) is 5.13 Å². The molecule has 0 spiro atoms. The molecule has 2 amide bonds. The predicted molar refractivity (Wildman–Crippen MR) is 125 cm³/mol. The number of nitrogens with zero attached hydrogens (tertiary/aromatic N) is 2. The second kappa shape index (κ2) is 7.20. The highest BCUT2D eigenvalue weighted by atomic mass is 32.1. The van der Waals surface area contributed by atoms with E-state index in [1.165, 1.54) is 4.90 Å². The van der Waals surface area contributed by atoms with E-state index in [1.807, 2.05) is 69.3 Å². The number of ketones is 1. The van der Waals surface area contributed by atoms with Crippen LogP contribution in [0, 0.1) is 16.7 Å². The van der Waals surface area contributed by atoms with Crippen molar-refractivity contribution in [3.8, 4) is 11.3 Å². The Hall–Kier alpha value is -3.12. The number of thiazole rings is 1.